The first kappa shape index (κ1) is 19.1. The topological polar surface area (TPSA) is 92.3 Å². The summed E-state index contributed by atoms with van der Waals surface area (Å²) in [6.45, 7) is 6.84. The van der Waals surface area contributed by atoms with Gasteiger partial charge in [0.15, 0.2) is 0 Å². The Morgan fingerprint density at radius 3 is 2.27 bits per heavy atom. The summed E-state index contributed by atoms with van der Waals surface area (Å²) in [6, 6.07) is 7.58. The minimum absolute atomic E-state index is 0.0741. The SMILES string of the molecule is CCS(=O)(=O)NCCS(=O)(=O)NC(C)(C)c1cccc(C)c1. The van der Waals surface area contributed by atoms with E-state index in [9.17, 15) is 16.8 Å². The molecule has 1 aromatic rings. The van der Waals surface area contributed by atoms with E-state index in [2.05, 4.69) is 9.44 Å². The van der Waals surface area contributed by atoms with Crippen molar-refractivity contribution in [3.05, 3.63) is 35.4 Å². The zero-order valence-corrected chi connectivity index (χ0v) is 15.0. The lowest BCUT2D eigenvalue weighted by Crippen LogP contribution is -2.44. The van der Waals surface area contributed by atoms with E-state index in [0.29, 0.717) is 0 Å². The van der Waals surface area contributed by atoms with E-state index < -0.39 is 25.6 Å². The van der Waals surface area contributed by atoms with Gasteiger partial charge in [-0.2, -0.15) is 0 Å². The maximum atomic E-state index is 12.1. The number of hydrogen-bond donors (Lipinski definition) is 2. The van der Waals surface area contributed by atoms with Gasteiger partial charge in [0, 0.05) is 6.54 Å². The van der Waals surface area contributed by atoms with Gasteiger partial charge in [0.05, 0.1) is 17.0 Å². The minimum Gasteiger partial charge on any atom is -0.214 e. The van der Waals surface area contributed by atoms with Crippen molar-refractivity contribution in [1.82, 2.24) is 9.44 Å². The molecule has 0 saturated heterocycles. The highest BCUT2D eigenvalue weighted by Gasteiger charge is 2.26. The van der Waals surface area contributed by atoms with Crippen LogP contribution in [0.15, 0.2) is 24.3 Å². The summed E-state index contributed by atoms with van der Waals surface area (Å²) in [6.07, 6.45) is 0. The van der Waals surface area contributed by atoms with Crippen LogP contribution in [0.5, 0.6) is 0 Å². The van der Waals surface area contributed by atoms with Gasteiger partial charge in [-0.3, -0.25) is 0 Å². The van der Waals surface area contributed by atoms with Crippen LogP contribution in [0.4, 0.5) is 0 Å². The summed E-state index contributed by atoms with van der Waals surface area (Å²) < 4.78 is 51.7. The monoisotopic (exact) mass is 348 g/mol. The van der Waals surface area contributed by atoms with E-state index in [4.69, 9.17) is 0 Å². The molecule has 0 aliphatic rings. The van der Waals surface area contributed by atoms with Gasteiger partial charge in [0.2, 0.25) is 20.0 Å². The second kappa shape index (κ2) is 7.08. The van der Waals surface area contributed by atoms with Crippen molar-refractivity contribution in [3.63, 3.8) is 0 Å². The van der Waals surface area contributed by atoms with E-state index in [1.807, 2.05) is 31.2 Å². The zero-order chi connectivity index (χ0) is 17.0. The van der Waals surface area contributed by atoms with Crippen LogP contribution < -0.4 is 9.44 Å². The van der Waals surface area contributed by atoms with Gasteiger partial charge in [-0.05, 0) is 33.3 Å². The second-order valence-corrected chi connectivity index (χ2v) is 9.65. The zero-order valence-electron chi connectivity index (χ0n) is 13.4. The molecule has 2 N–H and O–H groups in total. The average molecular weight is 348 g/mol. The molecule has 0 amide bonds. The smallest absolute Gasteiger partial charge is 0.213 e. The Morgan fingerprint density at radius 1 is 1.09 bits per heavy atom. The molecule has 0 spiro atoms. The van der Waals surface area contributed by atoms with Crippen LogP contribution in [0.2, 0.25) is 0 Å². The Bertz CT molecular complexity index is 710. The third-order valence-electron chi connectivity index (χ3n) is 3.22. The number of hydrogen-bond acceptors (Lipinski definition) is 4. The summed E-state index contributed by atoms with van der Waals surface area (Å²) in [5.74, 6) is -0.378. The Hall–Kier alpha value is -0.960. The molecule has 0 heterocycles. The van der Waals surface area contributed by atoms with E-state index in [1.165, 1.54) is 6.92 Å². The molecule has 0 aliphatic carbocycles. The third kappa shape index (κ3) is 6.04. The van der Waals surface area contributed by atoms with Crippen LogP contribution in [-0.2, 0) is 25.6 Å². The molecule has 0 aromatic heterocycles. The summed E-state index contributed by atoms with van der Waals surface area (Å²) in [5.41, 5.74) is 1.12. The fraction of sp³-hybridized carbons (Fsp3) is 0.571. The number of rotatable bonds is 8. The van der Waals surface area contributed by atoms with Crippen LogP contribution in [-0.4, -0.2) is 34.9 Å². The fourth-order valence-corrected chi connectivity index (χ4v) is 4.08. The molecule has 0 radical (unpaired) electrons. The molecule has 1 rings (SSSR count). The maximum absolute atomic E-state index is 12.1. The molecule has 0 unspecified atom stereocenters. The predicted octanol–water partition coefficient (Wildman–Crippen LogP) is 1.09. The molecule has 0 bridgehead atoms. The fourth-order valence-electron chi connectivity index (χ4n) is 1.97. The molecular weight excluding hydrogens is 324 g/mol. The second-order valence-electron chi connectivity index (χ2n) is 5.71. The molecule has 0 saturated carbocycles. The van der Waals surface area contributed by atoms with Crippen molar-refractivity contribution in [2.45, 2.75) is 33.2 Å². The predicted molar refractivity (Wildman–Crippen MR) is 88.6 cm³/mol. The quantitative estimate of drug-likeness (QED) is 0.735. The van der Waals surface area contributed by atoms with Crippen molar-refractivity contribution in [2.24, 2.45) is 0 Å². The van der Waals surface area contributed by atoms with E-state index in [0.717, 1.165) is 11.1 Å². The van der Waals surface area contributed by atoms with Crippen LogP contribution in [0, 0.1) is 6.92 Å². The van der Waals surface area contributed by atoms with Gasteiger partial charge in [0.25, 0.3) is 0 Å². The van der Waals surface area contributed by atoms with Crippen molar-refractivity contribution >= 4 is 20.0 Å². The van der Waals surface area contributed by atoms with Crippen molar-refractivity contribution in [2.75, 3.05) is 18.1 Å². The Balaban J connectivity index is 2.75. The largest absolute Gasteiger partial charge is 0.214 e. The van der Waals surface area contributed by atoms with Gasteiger partial charge in [-0.15, -0.1) is 0 Å². The first-order valence-electron chi connectivity index (χ1n) is 7.03. The van der Waals surface area contributed by atoms with Crippen LogP contribution in [0.1, 0.15) is 31.9 Å². The molecule has 22 heavy (non-hydrogen) atoms. The Morgan fingerprint density at radius 2 is 1.73 bits per heavy atom. The molecule has 126 valence electrons. The normalized spacial score (nSPS) is 13.3. The molecule has 8 heteroatoms. The van der Waals surface area contributed by atoms with Gasteiger partial charge in [-0.1, -0.05) is 29.8 Å². The number of benzene rings is 1. The summed E-state index contributed by atoms with van der Waals surface area (Å²) in [5, 5.41) is 0. The minimum atomic E-state index is -3.61. The first-order chi connectivity index (χ1) is 9.97. The first-order valence-corrected chi connectivity index (χ1v) is 10.3. The maximum Gasteiger partial charge on any atom is 0.213 e. The highest BCUT2D eigenvalue weighted by Crippen LogP contribution is 2.21. The number of sulfonamides is 2. The van der Waals surface area contributed by atoms with Crippen LogP contribution in [0.25, 0.3) is 0 Å². The van der Waals surface area contributed by atoms with Crippen LogP contribution >= 0.6 is 0 Å². The lowest BCUT2D eigenvalue weighted by atomic mass is 9.94. The summed E-state index contributed by atoms with van der Waals surface area (Å²) >= 11 is 0. The van der Waals surface area contributed by atoms with E-state index >= 15 is 0 Å². The summed E-state index contributed by atoms with van der Waals surface area (Å²) in [4.78, 5) is 0. The lowest BCUT2D eigenvalue weighted by molar-refractivity contribution is 0.471. The number of nitrogens with one attached hydrogen (secondary N) is 2. The Labute approximate surface area is 133 Å². The van der Waals surface area contributed by atoms with Gasteiger partial charge in [0.1, 0.15) is 0 Å². The number of aryl methyl sites for hydroxylation is 1. The van der Waals surface area contributed by atoms with Gasteiger partial charge in [-0.25, -0.2) is 26.3 Å². The summed E-state index contributed by atoms with van der Waals surface area (Å²) in [7, 11) is -6.99. The molecule has 0 atom stereocenters. The standard InChI is InChI=1S/C14H24N2O4S2/c1-5-21(17,18)15-9-10-22(19,20)16-14(3,4)13-8-6-7-12(2)11-13/h6-8,11,15-16H,5,9-10H2,1-4H3. The van der Waals surface area contributed by atoms with E-state index in [1.54, 1.807) is 13.8 Å². The van der Waals surface area contributed by atoms with Gasteiger partial charge >= 0.3 is 0 Å². The van der Waals surface area contributed by atoms with Crippen LogP contribution in [0.3, 0.4) is 0 Å². The third-order valence-corrected chi connectivity index (χ3v) is 6.19. The van der Waals surface area contributed by atoms with Gasteiger partial charge < -0.3 is 0 Å². The molecule has 6 nitrogen and oxygen atoms in total. The molecule has 0 aliphatic heterocycles. The van der Waals surface area contributed by atoms with Crippen molar-refractivity contribution in [3.8, 4) is 0 Å². The molecular formula is C14H24N2O4S2. The lowest BCUT2D eigenvalue weighted by Gasteiger charge is -2.27. The average Bonchev–Trinajstić information content (AvgIpc) is 2.37. The Kier molecular flexibility index (Phi) is 6.14. The molecule has 1 aromatic carbocycles. The van der Waals surface area contributed by atoms with E-state index in [-0.39, 0.29) is 18.1 Å². The highest BCUT2D eigenvalue weighted by molar-refractivity contribution is 7.90. The van der Waals surface area contributed by atoms with Crippen molar-refractivity contribution < 1.29 is 16.8 Å². The van der Waals surface area contributed by atoms with Crippen molar-refractivity contribution in [1.29, 1.82) is 0 Å². The molecule has 0 fully saturated rings. The highest BCUT2D eigenvalue weighted by atomic mass is 32.2.